The largest absolute Gasteiger partial charge is 0.493 e. The van der Waals surface area contributed by atoms with Crippen molar-refractivity contribution in [2.24, 2.45) is 0 Å². The Kier molecular flexibility index (Phi) is 7.14. The fourth-order valence-corrected chi connectivity index (χ4v) is 4.61. The first-order chi connectivity index (χ1) is 13.1. The molecule has 2 fully saturated rings. The van der Waals surface area contributed by atoms with Gasteiger partial charge in [-0.2, -0.15) is 4.98 Å². The summed E-state index contributed by atoms with van der Waals surface area (Å²) in [4.78, 5) is 21.7. The Morgan fingerprint density at radius 2 is 1.52 bits per heavy atom. The van der Waals surface area contributed by atoms with Gasteiger partial charge in [0.25, 0.3) is 5.91 Å². The quantitative estimate of drug-likeness (QED) is 0.793. The van der Waals surface area contributed by atoms with Gasteiger partial charge >= 0.3 is 0 Å². The summed E-state index contributed by atoms with van der Waals surface area (Å²) in [5.74, 6) is 0.635. The molecule has 2 aliphatic rings. The summed E-state index contributed by atoms with van der Waals surface area (Å²) in [5.41, 5.74) is 0.107. The van der Waals surface area contributed by atoms with Gasteiger partial charge in [0.2, 0.25) is 5.88 Å². The molecule has 1 aromatic rings. The van der Waals surface area contributed by atoms with Crippen LogP contribution in [0.1, 0.15) is 112 Å². The van der Waals surface area contributed by atoms with Gasteiger partial charge < -0.3 is 10.4 Å². The van der Waals surface area contributed by atoms with E-state index in [1.54, 1.807) is 0 Å². The van der Waals surface area contributed by atoms with E-state index in [1.165, 1.54) is 57.4 Å². The van der Waals surface area contributed by atoms with Gasteiger partial charge in [0.1, 0.15) is 19.4 Å². The van der Waals surface area contributed by atoms with Crippen molar-refractivity contribution >= 4 is 13.8 Å². The van der Waals surface area contributed by atoms with Crippen molar-refractivity contribution < 1.29 is 9.90 Å². The molecule has 0 saturated heterocycles. The van der Waals surface area contributed by atoms with Crippen molar-refractivity contribution in [2.75, 3.05) is 0 Å². The Hall–Kier alpha value is -1.59. The lowest BCUT2D eigenvalue weighted by Gasteiger charge is -2.31. The normalized spacial score (nSPS) is 22.1. The highest BCUT2D eigenvalue weighted by molar-refractivity contribution is 6.17. The minimum Gasteiger partial charge on any atom is -0.493 e. The van der Waals surface area contributed by atoms with E-state index < -0.39 is 0 Å². The average molecular weight is 371 g/mol. The van der Waals surface area contributed by atoms with Crippen molar-refractivity contribution in [3.63, 3.8) is 0 Å². The number of rotatable bonds is 3. The lowest BCUT2D eigenvalue weighted by atomic mass is 9.70. The van der Waals surface area contributed by atoms with Crippen LogP contribution in [-0.4, -0.2) is 34.3 Å². The van der Waals surface area contributed by atoms with Crippen LogP contribution in [0.25, 0.3) is 0 Å². The van der Waals surface area contributed by atoms with Crippen molar-refractivity contribution in [3.8, 4) is 5.88 Å². The third kappa shape index (κ3) is 5.95. The molecule has 2 saturated carbocycles. The second-order valence-corrected chi connectivity index (χ2v) is 8.79. The summed E-state index contributed by atoms with van der Waals surface area (Å²) in [6, 6.07) is 1.41. The first kappa shape index (κ1) is 20.2. The van der Waals surface area contributed by atoms with Crippen LogP contribution in [0.4, 0.5) is 0 Å². The first-order valence-corrected chi connectivity index (χ1v) is 11.0. The maximum absolute atomic E-state index is 12.9. The molecule has 27 heavy (non-hydrogen) atoms. The Morgan fingerprint density at radius 3 is 2.11 bits per heavy atom. The second-order valence-electron chi connectivity index (χ2n) is 8.79. The fourth-order valence-electron chi connectivity index (χ4n) is 4.61. The van der Waals surface area contributed by atoms with Crippen LogP contribution in [0.2, 0.25) is 0 Å². The number of amides is 1. The van der Waals surface area contributed by atoms with E-state index in [0.717, 1.165) is 38.5 Å². The summed E-state index contributed by atoms with van der Waals surface area (Å²) in [6.07, 6.45) is 16.5. The van der Waals surface area contributed by atoms with Gasteiger partial charge in [-0.1, -0.05) is 64.2 Å². The lowest BCUT2D eigenvalue weighted by Crippen LogP contribution is -2.49. The van der Waals surface area contributed by atoms with Gasteiger partial charge in [-0.05, 0) is 25.7 Å². The van der Waals surface area contributed by atoms with Crippen LogP contribution < -0.4 is 5.32 Å². The summed E-state index contributed by atoms with van der Waals surface area (Å²) >= 11 is 0. The van der Waals surface area contributed by atoms with Gasteiger partial charge in [-0.3, -0.25) is 4.79 Å². The van der Waals surface area contributed by atoms with Gasteiger partial charge in [0.15, 0.2) is 0 Å². The zero-order chi connectivity index (χ0) is 19.1. The molecule has 3 rings (SSSR count). The predicted octanol–water partition coefficient (Wildman–Crippen LogP) is 3.81. The van der Waals surface area contributed by atoms with Crippen LogP contribution in [0.15, 0.2) is 6.07 Å². The van der Waals surface area contributed by atoms with Crippen molar-refractivity contribution in [3.05, 3.63) is 17.6 Å². The van der Waals surface area contributed by atoms with E-state index in [-0.39, 0.29) is 23.1 Å². The number of nitrogens with zero attached hydrogens (tertiary/aromatic N) is 2. The fraction of sp³-hybridized carbons (Fsp3) is 0.762. The van der Waals surface area contributed by atoms with E-state index >= 15 is 0 Å². The maximum Gasteiger partial charge on any atom is 0.269 e. The minimum absolute atomic E-state index is 0.0929. The van der Waals surface area contributed by atoms with Crippen LogP contribution in [-0.2, 0) is 0 Å². The van der Waals surface area contributed by atoms with Crippen LogP contribution >= 0.6 is 0 Å². The second kappa shape index (κ2) is 9.56. The van der Waals surface area contributed by atoms with Gasteiger partial charge in [-0.25, -0.2) is 4.98 Å². The number of hydrogen-bond acceptors (Lipinski definition) is 4. The molecular weight excluding hydrogens is 337 g/mol. The molecule has 0 spiro atoms. The molecule has 0 unspecified atom stereocenters. The van der Waals surface area contributed by atoms with E-state index in [9.17, 15) is 9.90 Å². The molecule has 0 aliphatic heterocycles. The average Bonchev–Trinajstić information content (AvgIpc) is 3.16. The third-order valence-corrected chi connectivity index (χ3v) is 6.31. The third-order valence-electron chi connectivity index (χ3n) is 6.31. The lowest BCUT2D eigenvalue weighted by molar-refractivity contribution is 0.0913. The SMILES string of the molecule is BC1(NC(=O)c2cc(O)nc(C3CCCC3)n2)CCCCCCCCCC1. The summed E-state index contributed by atoms with van der Waals surface area (Å²) in [7, 11) is 2.17. The number of aromatic hydroxyl groups is 1. The molecule has 1 aromatic heterocycles. The Labute approximate surface area is 164 Å². The van der Waals surface area contributed by atoms with Crippen molar-refractivity contribution in [1.82, 2.24) is 15.3 Å². The molecule has 0 bridgehead atoms. The zero-order valence-corrected chi connectivity index (χ0v) is 16.8. The number of carbonyl (C=O) groups excluding carboxylic acids is 1. The number of carbonyl (C=O) groups is 1. The first-order valence-electron chi connectivity index (χ1n) is 11.0. The Morgan fingerprint density at radius 1 is 0.963 bits per heavy atom. The van der Waals surface area contributed by atoms with Crippen molar-refractivity contribution in [1.29, 1.82) is 0 Å². The molecule has 148 valence electrons. The molecule has 1 amide bonds. The van der Waals surface area contributed by atoms with E-state index in [0.29, 0.717) is 11.5 Å². The highest BCUT2D eigenvalue weighted by atomic mass is 16.3. The number of hydrogen-bond donors (Lipinski definition) is 2. The summed E-state index contributed by atoms with van der Waals surface area (Å²) < 4.78 is 0. The van der Waals surface area contributed by atoms with E-state index in [1.807, 2.05) is 0 Å². The van der Waals surface area contributed by atoms with Gasteiger partial charge in [0.05, 0.1) is 0 Å². The molecule has 2 aliphatic carbocycles. The predicted molar refractivity (Wildman–Crippen MR) is 110 cm³/mol. The highest BCUT2D eigenvalue weighted by Crippen LogP contribution is 2.33. The monoisotopic (exact) mass is 371 g/mol. The minimum atomic E-state index is -0.199. The summed E-state index contributed by atoms with van der Waals surface area (Å²) in [6.45, 7) is 0. The number of nitrogens with one attached hydrogen (secondary N) is 1. The van der Waals surface area contributed by atoms with Crippen molar-refractivity contribution in [2.45, 2.75) is 101 Å². The highest BCUT2D eigenvalue weighted by Gasteiger charge is 2.28. The summed E-state index contributed by atoms with van der Waals surface area (Å²) in [5, 5.41) is 13.3. The zero-order valence-electron chi connectivity index (χ0n) is 16.8. The smallest absolute Gasteiger partial charge is 0.269 e. The van der Waals surface area contributed by atoms with Crippen LogP contribution in [0.5, 0.6) is 5.88 Å². The molecule has 1 heterocycles. The molecule has 0 radical (unpaired) electrons. The molecule has 6 heteroatoms. The van der Waals surface area contributed by atoms with E-state index in [4.69, 9.17) is 0 Å². The molecule has 0 aromatic carbocycles. The van der Waals surface area contributed by atoms with Crippen LogP contribution in [0.3, 0.4) is 0 Å². The molecule has 2 N–H and O–H groups in total. The topological polar surface area (TPSA) is 75.1 Å². The van der Waals surface area contributed by atoms with Gasteiger partial charge in [0, 0.05) is 17.4 Å². The number of aromatic nitrogens is 2. The standard InChI is InChI=1S/C21H34BN3O2/c22-21(13-9-5-3-1-2-4-6-10-14-21)25-20(27)17-15-18(26)24-19(23-17)16-11-7-8-12-16/h15-16H,1-14,22H2,(H,25,27)(H,23,24,26). The maximum atomic E-state index is 12.9. The van der Waals surface area contributed by atoms with E-state index in [2.05, 4.69) is 23.1 Å². The van der Waals surface area contributed by atoms with Gasteiger partial charge in [-0.15, -0.1) is 0 Å². The van der Waals surface area contributed by atoms with Crippen LogP contribution in [0, 0.1) is 0 Å². The Bertz CT molecular complexity index is 620. The molecule has 0 atom stereocenters. The Balaban J connectivity index is 1.69. The molecular formula is C21H34BN3O2. The molecule has 5 nitrogen and oxygen atoms in total.